The molecule has 5 heteroatoms. The molecule has 5 rings (SSSR count). The van der Waals surface area contributed by atoms with E-state index in [9.17, 15) is 0 Å². The summed E-state index contributed by atoms with van der Waals surface area (Å²) < 4.78 is 11.7. The molecule has 0 spiro atoms. The molecule has 0 aromatic heterocycles. The fourth-order valence-corrected chi connectivity index (χ4v) is 4.50. The summed E-state index contributed by atoms with van der Waals surface area (Å²) in [6.45, 7) is 5.64. The van der Waals surface area contributed by atoms with Crippen molar-refractivity contribution in [3.63, 3.8) is 0 Å². The summed E-state index contributed by atoms with van der Waals surface area (Å²) in [5.74, 6) is 1.75. The van der Waals surface area contributed by atoms with Crippen molar-refractivity contribution in [2.75, 3.05) is 28.7 Å². The van der Waals surface area contributed by atoms with Gasteiger partial charge >= 0.3 is 0 Å². The summed E-state index contributed by atoms with van der Waals surface area (Å²) in [7, 11) is 0. The van der Waals surface area contributed by atoms with E-state index in [-0.39, 0.29) is 0 Å². The lowest BCUT2D eigenvalue weighted by Crippen LogP contribution is -2.10. The van der Waals surface area contributed by atoms with Gasteiger partial charge in [-0.2, -0.15) is 0 Å². The van der Waals surface area contributed by atoms with Crippen molar-refractivity contribution in [2.24, 2.45) is 0 Å². The molecule has 0 atom stereocenters. The first-order valence-corrected chi connectivity index (χ1v) is 14.3. The highest BCUT2D eigenvalue weighted by Gasteiger charge is 2.13. The number of anilines is 7. The zero-order valence-corrected chi connectivity index (χ0v) is 23.7. The largest absolute Gasteiger partial charge is 0.494 e. The Hall–Kier alpha value is -4.90. The minimum absolute atomic E-state index is 0.702. The SMILES string of the molecule is CCCOc1cccc(Nc2ccc(Nc3ccc(N(c4ccccc4)c4cccc(OCCC)c4)cc3)cc2)c1. The minimum atomic E-state index is 0.702. The fraction of sp³-hybridized carbons (Fsp3) is 0.167. The van der Waals surface area contributed by atoms with Gasteiger partial charge in [0.1, 0.15) is 11.5 Å². The van der Waals surface area contributed by atoms with Crippen LogP contribution in [0.3, 0.4) is 0 Å². The summed E-state index contributed by atoms with van der Waals surface area (Å²) in [6.07, 6.45) is 1.96. The molecular weight excluding hydrogens is 506 g/mol. The third kappa shape index (κ3) is 7.61. The molecule has 2 N–H and O–H groups in total. The van der Waals surface area contributed by atoms with Crippen LogP contribution in [0.25, 0.3) is 0 Å². The first-order chi connectivity index (χ1) is 20.2. The van der Waals surface area contributed by atoms with Crippen LogP contribution in [-0.2, 0) is 0 Å². The van der Waals surface area contributed by atoms with Gasteiger partial charge in [-0.3, -0.25) is 0 Å². The molecule has 0 saturated carbocycles. The maximum Gasteiger partial charge on any atom is 0.121 e. The monoisotopic (exact) mass is 543 g/mol. The average molecular weight is 544 g/mol. The van der Waals surface area contributed by atoms with Gasteiger partial charge in [0.25, 0.3) is 0 Å². The molecular formula is C36H37N3O2. The Bertz CT molecular complexity index is 1500. The second-order valence-corrected chi connectivity index (χ2v) is 9.77. The number of ether oxygens (including phenoxy) is 2. The summed E-state index contributed by atoms with van der Waals surface area (Å²) in [4.78, 5) is 2.24. The third-order valence-electron chi connectivity index (χ3n) is 6.46. The van der Waals surface area contributed by atoms with Gasteiger partial charge in [-0.1, -0.05) is 44.2 Å². The lowest BCUT2D eigenvalue weighted by atomic mass is 10.1. The highest BCUT2D eigenvalue weighted by molar-refractivity contribution is 5.78. The number of nitrogens with one attached hydrogen (secondary N) is 2. The lowest BCUT2D eigenvalue weighted by molar-refractivity contribution is 0.317. The molecule has 0 saturated heterocycles. The Balaban J connectivity index is 1.29. The van der Waals surface area contributed by atoms with Crippen LogP contribution in [0.1, 0.15) is 26.7 Å². The van der Waals surface area contributed by atoms with Crippen LogP contribution < -0.4 is 25.0 Å². The summed E-state index contributed by atoms with van der Waals surface area (Å²) in [6, 6.07) is 43.5. The van der Waals surface area contributed by atoms with E-state index in [1.54, 1.807) is 0 Å². The van der Waals surface area contributed by atoms with E-state index in [2.05, 4.69) is 114 Å². The molecule has 0 heterocycles. The van der Waals surface area contributed by atoms with E-state index >= 15 is 0 Å². The Kier molecular flexibility index (Phi) is 9.41. The number of benzene rings is 5. The summed E-state index contributed by atoms with van der Waals surface area (Å²) in [5.41, 5.74) is 7.26. The number of hydrogen-bond acceptors (Lipinski definition) is 5. The Labute approximate surface area is 243 Å². The zero-order chi connectivity index (χ0) is 28.3. The van der Waals surface area contributed by atoms with Crippen LogP contribution in [0.15, 0.2) is 127 Å². The quantitative estimate of drug-likeness (QED) is 0.155. The van der Waals surface area contributed by atoms with Crippen LogP contribution >= 0.6 is 0 Å². The molecule has 0 aliphatic rings. The van der Waals surface area contributed by atoms with Gasteiger partial charge in [-0.25, -0.2) is 0 Å². The van der Waals surface area contributed by atoms with Gasteiger partial charge in [0.05, 0.1) is 13.2 Å². The second kappa shape index (κ2) is 13.9. The number of para-hydroxylation sites is 1. The Morgan fingerprint density at radius 3 is 1.56 bits per heavy atom. The van der Waals surface area contributed by atoms with Gasteiger partial charge < -0.3 is 25.0 Å². The third-order valence-corrected chi connectivity index (χ3v) is 6.46. The van der Waals surface area contributed by atoms with Crippen LogP contribution in [-0.4, -0.2) is 13.2 Å². The first kappa shape index (κ1) is 27.7. The Morgan fingerprint density at radius 2 is 0.951 bits per heavy atom. The number of nitrogens with zero attached hydrogens (tertiary/aromatic N) is 1. The summed E-state index contributed by atoms with van der Waals surface area (Å²) >= 11 is 0. The van der Waals surface area contributed by atoms with E-state index < -0.39 is 0 Å². The van der Waals surface area contributed by atoms with Crippen molar-refractivity contribution < 1.29 is 9.47 Å². The van der Waals surface area contributed by atoms with Gasteiger partial charge in [-0.05, 0) is 97.8 Å². The molecule has 0 fully saturated rings. The standard InChI is InChI=1S/C36H37N3O2/c1-3-24-40-35-14-8-10-31(26-35)38-29-18-16-28(17-19-29)37-30-20-22-33(23-21-30)39(32-11-6-5-7-12-32)34-13-9-15-36(27-34)41-25-4-2/h5-23,26-27,37-38H,3-4,24-25H2,1-2H3. The van der Waals surface area contributed by atoms with Crippen molar-refractivity contribution >= 4 is 39.8 Å². The summed E-state index contributed by atoms with van der Waals surface area (Å²) in [5, 5.41) is 6.97. The van der Waals surface area contributed by atoms with Crippen LogP contribution in [0.5, 0.6) is 11.5 Å². The van der Waals surface area contributed by atoms with Crippen molar-refractivity contribution in [1.82, 2.24) is 0 Å². The zero-order valence-electron chi connectivity index (χ0n) is 23.7. The van der Waals surface area contributed by atoms with E-state index in [1.807, 2.05) is 42.5 Å². The molecule has 5 aromatic rings. The molecule has 0 aliphatic carbocycles. The van der Waals surface area contributed by atoms with E-state index in [4.69, 9.17) is 9.47 Å². The predicted octanol–water partition coefficient (Wildman–Crippen LogP) is 10.2. The lowest BCUT2D eigenvalue weighted by Gasteiger charge is -2.26. The normalized spacial score (nSPS) is 10.6. The Morgan fingerprint density at radius 1 is 0.463 bits per heavy atom. The molecule has 0 bridgehead atoms. The van der Waals surface area contributed by atoms with E-state index in [1.165, 1.54) is 0 Å². The number of rotatable bonds is 13. The van der Waals surface area contributed by atoms with Gasteiger partial charge in [0.15, 0.2) is 0 Å². The number of hydrogen-bond donors (Lipinski definition) is 2. The molecule has 0 aliphatic heterocycles. The highest BCUT2D eigenvalue weighted by atomic mass is 16.5. The molecule has 208 valence electrons. The molecule has 5 aromatic carbocycles. The first-order valence-electron chi connectivity index (χ1n) is 14.3. The van der Waals surface area contributed by atoms with Gasteiger partial charge in [-0.15, -0.1) is 0 Å². The molecule has 5 nitrogen and oxygen atoms in total. The minimum Gasteiger partial charge on any atom is -0.494 e. The van der Waals surface area contributed by atoms with Gasteiger partial charge in [0.2, 0.25) is 0 Å². The second-order valence-electron chi connectivity index (χ2n) is 9.77. The van der Waals surface area contributed by atoms with Crippen LogP contribution in [0.4, 0.5) is 39.8 Å². The van der Waals surface area contributed by atoms with Crippen molar-refractivity contribution in [3.8, 4) is 11.5 Å². The molecule has 41 heavy (non-hydrogen) atoms. The van der Waals surface area contributed by atoms with E-state index in [0.29, 0.717) is 6.61 Å². The average Bonchev–Trinajstić information content (AvgIpc) is 3.02. The van der Waals surface area contributed by atoms with Crippen molar-refractivity contribution in [1.29, 1.82) is 0 Å². The predicted molar refractivity (Wildman–Crippen MR) is 172 cm³/mol. The van der Waals surface area contributed by atoms with Gasteiger partial charge in [0, 0.05) is 51.9 Å². The topological polar surface area (TPSA) is 45.8 Å². The van der Waals surface area contributed by atoms with Crippen LogP contribution in [0.2, 0.25) is 0 Å². The van der Waals surface area contributed by atoms with Crippen molar-refractivity contribution in [2.45, 2.75) is 26.7 Å². The molecule has 0 radical (unpaired) electrons. The molecule has 0 unspecified atom stereocenters. The highest BCUT2D eigenvalue weighted by Crippen LogP contribution is 2.36. The van der Waals surface area contributed by atoms with Crippen LogP contribution in [0, 0.1) is 0 Å². The molecule has 0 amide bonds. The fourth-order valence-electron chi connectivity index (χ4n) is 4.50. The van der Waals surface area contributed by atoms with Crippen molar-refractivity contribution in [3.05, 3.63) is 127 Å². The van der Waals surface area contributed by atoms with E-state index in [0.717, 1.165) is 70.8 Å². The smallest absolute Gasteiger partial charge is 0.121 e. The maximum absolute atomic E-state index is 5.92. The maximum atomic E-state index is 5.92.